The van der Waals surface area contributed by atoms with Crippen molar-refractivity contribution in [2.45, 2.75) is 6.54 Å². The minimum atomic E-state index is -0.508. The highest BCUT2D eigenvalue weighted by Gasteiger charge is 2.26. The third-order valence-electron chi connectivity index (χ3n) is 3.31. The van der Waals surface area contributed by atoms with Gasteiger partial charge in [0.1, 0.15) is 5.82 Å². The van der Waals surface area contributed by atoms with Gasteiger partial charge in [-0.3, -0.25) is 14.9 Å². The number of hydrogen-bond acceptors (Lipinski definition) is 3. The molecule has 112 valence electrons. The average Bonchev–Trinajstić information content (AvgIpc) is 2.72. The number of benzene rings is 2. The Hall–Kier alpha value is -2.11. The second-order valence-electron chi connectivity index (χ2n) is 4.75. The zero-order valence-electron chi connectivity index (χ0n) is 11.0. The molecule has 2 aromatic carbocycles. The molecule has 0 unspecified atom stereocenters. The van der Waals surface area contributed by atoms with Crippen LogP contribution in [0.15, 0.2) is 30.3 Å². The van der Waals surface area contributed by atoms with Gasteiger partial charge in [-0.25, -0.2) is 4.39 Å². The predicted octanol–water partition coefficient (Wildman–Crippen LogP) is 3.63. The van der Waals surface area contributed by atoms with Crippen molar-refractivity contribution in [3.8, 4) is 0 Å². The molecule has 0 aromatic heterocycles. The topological polar surface area (TPSA) is 58.2 Å². The Bertz CT molecular complexity index is 785. The second kappa shape index (κ2) is 5.59. The van der Waals surface area contributed by atoms with Gasteiger partial charge in [0.05, 0.1) is 11.1 Å². The molecule has 0 aliphatic carbocycles. The van der Waals surface area contributed by atoms with Crippen molar-refractivity contribution in [3.05, 3.63) is 62.9 Å². The molecule has 7 heteroatoms. The number of halogens is 3. The Morgan fingerprint density at radius 3 is 2.32 bits per heavy atom. The summed E-state index contributed by atoms with van der Waals surface area (Å²) in [6.07, 6.45) is 0. The number of imide groups is 1. The highest BCUT2D eigenvalue weighted by molar-refractivity contribution is 6.36. The first-order valence-electron chi connectivity index (χ1n) is 6.33. The van der Waals surface area contributed by atoms with Crippen LogP contribution in [0.2, 0.25) is 10.0 Å². The van der Waals surface area contributed by atoms with E-state index < -0.39 is 17.6 Å². The van der Waals surface area contributed by atoms with Gasteiger partial charge < -0.3 is 5.32 Å². The van der Waals surface area contributed by atoms with E-state index in [-0.39, 0.29) is 16.6 Å². The van der Waals surface area contributed by atoms with Gasteiger partial charge in [0.2, 0.25) is 0 Å². The lowest BCUT2D eigenvalue weighted by Crippen LogP contribution is -2.19. The van der Waals surface area contributed by atoms with Crippen molar-refractivity contribution in [2.75, 3.05) is 5.32 Å². The van der Waals surface area contributed by atoms with Crippen molar-refractivity contribution in [1.82, 2.24) is 5.32 Å². The van der Waals surface area contributed by atoms with E-state index >= 15 is 0 Å². The Kier molecular flexibility index (Phi) is 3.76. The summed E-state index contributed by atoms with van der Waals surface area (Å²) in [6.45, 7) is 0.256. The summed E-state index contributed by atoms with van der Waals surface area (Å²) in [4.78, 5) is 23.1. The van der Waals surface area contributed by atoms with E-state index in [1.165, 1.54) is 12.1 Å². The molecule has 1 aliphatic heterocycles. The highest BCUT2D eigenvalue weighted by atomic mass is 35.5. The molecule has 0 bridgehead atoms. The Labute approximate surface area is 135 Å². The smallest absolute Gasteiger partial charge is 0.259 e. The van der Waals surface area contributed by atoms with E-state index in [1.807, 2.05) is 0 Å². The van der Waals surface area contributed by atoms with E-state index in [9.17, 15) is 14.0 Å². The maximum atomic E-state index is 13.1. The zero-order chi connectivity index (χ0) is 15.9. The van der Waals surface area contributed by atoms with Crippen LogP contribution in [-0.4, -0.2) is 11.8 Å². The number of nitrogens with one attached hydrogen (secondary N) is 2. The summed E-state index contributed by atoms with van der Waals surface area (Å²) >= 11 is 11.9. The lowest BCUT2D eigenvalue weighted by atomic mass is 10.1. The molecule has 0 atom stereocenters. The zero-order valence-corrected chi connectivity index (χ0v) is 12.6. The molecular formula is C15H9Cl2FN2O2. The molecule has 3 rings (SSSR count). The number of anilines is 1. The predicted molar refractivity (Wildman–Crippen MR) is 82.0 cm³/mol. The second-order valence-corrected chi connectivity index (χ2v) is 5.56. The lowest BCUT2D eigenvalue weighted by molar-refractivity contribution is 0.0879. The summed E-state index contributed by atoms with van der Waals surface area (Å²) in [5.41, 5.74) is 1.82. The van der Waals surface area contributed by atoms with Gasteiger partial charge in [-0.1, -0.05) is 23.2 Å². The highest BCUT2D eigenvalue weighted by Crippen LogP contribution is 2.27. The van der Waals surface area contributed by atoms with Crippen LogP contribution in [-0.2, 0) is 6.54 Å². The third-order valence-corrected chi connectivity index (χ3v) is 3.99. The number of carbonyl (C=O) groups excluding carboxylic acids is 2. The standard InChI is InChI=1S/C15H9Cl2FN2O2/c16-12-3-7(18)4-13(17)11(12)6-19-8-1-2-9-10(5-8)15(22)20-14(9)21/h1-5,19H,6H2,(H,20,21,22). The first-order chi connectivity index (χ1) is 10.5. The van der Waals surface area contributed by atoms with Crippen LogP contribution < -0.4 is 10.6 Å². The van der Waals surface area contributed by atoms with Crippen molar-refractivity contribution in [2.24, 2.45) is 0 Å². The SMILES string of the molecule is O=C1NC(=O)c2cc(NCc3c(Cl)cc(F)cc3Cl)ccc21. The van der Waals surface area contributed by atoms with E-state index in [4.69, 9.17) is 23.2 Å². The molecule has 0 saturated carbocycles. The van der Waals surface area contributed by atoms with Gasteiger partial charge in [-0.15, -0.1) is 0 Å². The third kappa shape index (κ3) is 2.65. The number of carbonyl (C=O) groups is 2. The van der Waals surface area contributed by atoms with Crippen LogP contribution in [0.4, 0.5) is 10.1 Å². The van der Waals surface area contributed by atoms with Gasteiger partial charge in [-0.2, -0.15) is 0 Å². The minimum Gasteiger partial charge on any atom is -0.381 e. The Balaban J connectivity index is 1.83. The van der Waals surface area contributed by atoms with Crippen molar-refractivity contribution < 1.29 is 14.0 Å². The number of hydrogen-bond donors (Lipinski definition) is 2. The van der Waals surface area contributed by atoms with Crippen LogP contribution in [0.1, 0.15) is 26.3 Å². The number of fused-ring (bicyclic) bond motifs is 1. The van der Waals surface area contributed by atoms with Gasteiger partial charge in [0, 0.05) is 27.8 Å². The van der Waals surface area contributed by atoms with Gasteiger partial charge in [0.25, 0.3) is 11.8 Å². The first kappa shape index (κ1) is 14.8. The van der Waals surface area contributed by atoms with E-state index in [0.717, 1.165) is 0 Å². The van der Waals surface area contributed by atoms with E-state index in [2.05, 4.69) is 10.6 Å². The Morgan fingerprint density at radius 2 is 1.64 bits per heavy atom. The van der Waals surface area contributed by atoms with Crippen LogP contribution in [0.5, 0.6) is 0 Å². The molecule has 1 aliphatic rings. The van der Waals surface area contributed by atoms with Gasteiger partial charge in [0.15, 0.2) is 0 Å². The summed E-state index contributed by atoms with van der Waals surface area (Å²) < 4.78 is 13.1. The summed E-state index contributed by atoms with van der Waals surface area (Å²) in [5, 5.41) is 5.69. The maximum absolute atomic E-state index is 13.1. The number of rotatable bonds is 3. The molecule has 0 spiro atoms. The molecule has 0 radical (unpaired) electrons. The largest absolute Gasteiger partial charge is 0.381 e. The number of amides is 2. The van der Waals surface area contributed by atoms with Crippen LogP contribution in [0.25, 0.3) is 0 Å². The fraction of sp³-hybridized carbons (Fsp3) is 0.0667. The van der Waals surface area contributed by atoms with Gasteiger partial charge >= 0.3 is 0 Å². The van der Waals surface area contributed by atoms with E-state index in [1.54, 1.807) is 18.2 Å². The van der Waals surface area contributed by atoms with Crippen molar-refractivity contribution >= 4 is 40.7 Å². The summed E-state index contributed by atoms with van der Waals surface area (Å²) in [5.74, 6) is -1.34. The molecule has 22 heavy (non-hydrogen) atoms. The molecule has 1 heterocycles. The molecule has 4 nitrogen and oxygen atoms in total. The average molecular weight is 339 g/mol. The molecule has 0 saturated heterocycles. The van der Waals surface area contributed by atoms with Crippen LogP contribution >= 0.6 is 23.2 Å². The normalized spacial score (nSPS) is 13.0. The maximum Gasteiger partial charge on any atom is 0.259 e. The summed E-state index contributed by atoms with van der Waals surface area (Å²) in [7, 11) is 0. The lowest BCUT2D eigenvalue weighted by Gasteiger charge is -2.10. The van der Waals surface area contributed by atoms with Crippen molar-refractivity contribution in [3.63, 3.8) is 0 Å². The quantitative estimate of drug-likeness (QED) is 0.840. The summed E-state index contributed by atoms with van der Waals surface area (Å²) in [6, 6.07) is 7.16. The minimum absolute atomic E-state index is 0.214. The fourth-order valence-corrected chi connectivity index (χ4v) is 2.80. The van der Waals surface area contributed by atoms with Crippen molar-refractivity contribution in [1.29, 1.82) is 0 Å². The fourth-order valence-electron chi connectivity index (χ4n) is 2.21. The van der Waals surface area contributed by atoms with Crippen LogP contribution in [0.3, 0.4) is 0 Å². The Morgan fingerprint density at radius 1 is 1.00 bits per heavy atom. The molecule has 2 aromatic rings. The molecule has 2 amide bonds. The molecule has 0 fully saturated rings. The monoisotopic (exact) mass is 338 g/mol. The molecular weight excluding hydrogens is 330 g/mol. The van der Waals surface area contributed by atoms with Gasteiger partial charge in [-0.05, 0) is 30.3 Å². The van der Waals surface area contributed by atoms with Crippen LogP contribution in [0, 0.1) is 5.82 Å². The first-order valence-corrected chi connectivity index (χ1v) is 7.08. The van der Waals surface area contributed by atoms with E-state index in [0.29, 0.717) is 22.4 Å². The molecule has 2 N–H and O–H groups in total.